The van der Waals surface area contributed by atoms with E-state index in [9.17, 15) is 0 Å². The van der Waals surface area contributed by atoms with Crippen LogP contribution >= 0.6 is 12.2 Å². The number of thiocarbonyl (C=S) groups is 1. The van der Waals surface area contributed by atoms with E-state index >= 15 is 0 Å². The van der Waals surface area contributed by atoms with Crippen molar-refractivity contribution < 1.29 is 4.74 Å². The van der Waals surface area contributed by atoms with Gasteiger partial charge in [0.05, 0.1) is 7.11 Å². The third-order valence-electron chi connectivity index (χ3n) is 2.46. The molecule has 0 aromatic heterocycles. The fourth-order valence-corrected chi connectivity index (χ4v) is 1.81. The summed E-state index contributed by atoms with van der Waals surface area (Å²) in [5.41, 5.74) is 8.81. The van der Waals surface area contributed by atoms with Gasteiger partial charge in [0.25, 0.3) is 0 Å². The van der Waals surface area contributed by atoms with Gasteiger partial charge in [-0.2, -0.15) is 0 Å². The Hall–Kier alpha value is -1.09. The first-order valence-electron chi connectivity index (χ1n) is 4.95. The predicted octanol–water partition coefficient (Wildman–Crippen LogP) is 2.76. The minimum absolute atomic E-state index is 0.397. The van der Waals surface area contributed by atoms with E-state index in [0.29, 0.717) is 10.9 Å². The highest BCUT2D eigenvalue weighted by Crippen LogP contribution is 2.29. The van der Waals surface area contributed by atoms with Crippen molar-refractivity contribution in [1.29, 1.82) is 0 Å². The minimum atomic E-state index is 0.397. The molecule has 0 spiro atoms. The molecule has 0 amide bonds. The summed E-state index contributed by atoms with van der Waals surface area (Å²) in [6, 6.07) is 4.02. The molecule has 0 aliphatic rings. The Balaban J connectivity index is 3.37. The van der Waals surface area contributed by atoms with Gasteiger partial charge in [-0.3, -0.25) is 0 Å². The number of nitrogens with two attached hydrogens (primary N) is 1. The highest BCUT2D eigenvalue weighted by atomic mass is 32.1. The first-order valence-corrected chi connectivity index (χ1v) is 5.36. The standard InChI is InChI=1S/C12H17NOS/c1-7(2)9-6-10(12(13)15)8(3)5-11(9)14-4/h5-7H,1-4H3,(H2,13,15). The van der Waals surface area contributed by atoms with E-state index in [4.69, 9.17) is 22.7 Å². The lowest BCUT2D eigenvalue weighted by molar-refractivity contribution is 0.407. The van der Waals surface area contributed by atoms with E-state index in [2.05, 4.69) is 13.8 Å². The Kier molecular flexibility index (Phi) is 3.69. The molecule has 0 atom stereocenters. The van der Waals surface area contributed by atoms with Crippen molar-refractivity contribution in [3.8, 4) is 5.75 Å². The van der Waals surface area contributed by atoms with Crippen LogP contribution in [0.25, 0.3) is 0 Å². The summed E-state index contributed by atoms with van der Waals surface area (Å²) in [6.45, 7) is 6.23. The molecule has 0 bridgehead atoms. The van der Waals surface area contributed by atoms with Crippen LogP contribution in [0.5, 0.6) is 5.75 Å². The molecule has 2 nitrogen and oxygen atoms in total. The molecule has 0 saturated carbocycles. The first-order chi connectivity index (χ1) is 6.97. The average molecular weight is 223 g/mol. The summed E-state index contributed by atoms with van der Waals surface area (Å²) in [7, 11) is 1.68. The van der Waals surface area contributed by atoms with E-state index in [1.807, 2.05) is 19.1 Å². The average Bonchev–Trinajstić information content (AvgIpc) is 2.16. The molecule has 3 heteroatoms. The second kappa shape index (κ2) is 4.62. The van der Waals surface area contributed by atoms with Crippen LogP contribution in [0.2, 0.25) is 0 Å². The maximum atomic E-state index is 5.67. The number of methoxy groups -OCH3 is 1. The maximum Gasteiger partial charge on any atom is 0.122 e. The topological polar surface area (TPSA) is 35.2 Å². The molecule has 0 radical (unpaired) electrons. The number of hydrogen-bond acceptors (Lipinski definition) is 2. The minimum Gasteiger partial charge on any atom is -0.496 e. The van der Waals surface area contributed by atoms with Crippen LogP contribution in [-0.4, -0.2) is 12.1 Å². The van der Waals surface area contributed by atoms with Gasteiger partial charge in [0.2, 0.25) is 0 Å². The summed E-state index contributed by atoms with van der Waals surface area (Å²) >= 11 is 5.01. The highest BCUT2D eigenvalue weighted by Gasteiger charge is 2.12. The van der Waals surface area contributed by atoms with E-state index < -0.39 is 0 Å². The zero-order valence-electron chi connectivity index (χ0n) is 9.63. The molecule has 2 N–H and O–H groups in total. The molecule has 1 aromatic rings. The van der Waals surface area contributed by atoms with E-state index in [1.54, 1.807) is 7.11 Å². The molecule has 0 unspecified atom stereocenters. The number of rotatable bonds is 3. The number of ether oxygens (including phenoxy) is 1. The predicted molar refractivity (Wildman–Crippen MR) is 67.7 cm³/mol. The maximum absolute atomic E-state index is 5.67. The Morgan fingerprint density at radius 3 is 2.40 bits per heavy atom. The van der Waals surface area contributed by atoms with Crippen molar-refractivity contribution in [3.63, 3.8) is 0 Å². The van der Waals surface area contributed by atoms with Crippen molar-refractivity contribution in [2.75, 3.05) is 7.11 Å². The summed E-state index contributed by atoms with van der Waals surface area (Å²) in [6.07, 6.45) is 0. The van der Waals surface area contributed by atoms with Gasteiger partial charge < -0.3 is 10.5 Å². The van der Waals surface area contributed by atoms with Crippen molar-refractivity contribution in [2.24, 2.45) is 5.73 Å². The Labute approximate surface area is 96.4 Å². The fourth-order valence-electron chi connectivity index (χ4n) is 1.59. The van der Waals surface area contributed by atoms with Crippen LogP contribution in [0.15, 0.2) is 12.1 Å². The van der Waals surface area contributed by atoms with E-state index in [-0.39, 0.29) is 0 Å². The summed E-state index contributed by atoms with van der Waals surface area (Å²) < 4.78 is 5.34. The van der Waals surface area contributed by atoms with Crippen molar-refractivity contribution >= 4 is 17.2 Å². The summed E-state index contributed by atoms with van der Waals surface area (Å²) in [5.74, 6) is 1.30. The van der Waals surface area contributed by atoms with Gasteiger partial charge >= 0.3 is 0 Å². The monoisotopic (exact) mass is 223 g/mol. The molecule has 0 saturated heterocycles. The molecule has 1 rings (SSSR count). The largest absolute Gasteiger partial charge is 0.496 e. The van der Waals surface area contributed by atoms with Crippen LogP contribution in [-0.2, 0) is 0 Å². The van der Waals surface area contributed by atoms with Crippen LogP contribution in [0.1, 0.15) is 36.5 Å². The lowest BCUT2D eigenvalue weighted by Gasteiger charge is -2.15. The lowest BCUT2D eigenvalue weighted by Crippen LogP contribution is -2.12. The fraction of sp³-hybridized carbons (Fsp3) is 0.417. The first kappa shape index (κ1) is 12.0. The Bertz CT molecular complexity index is 385. The SMILES string of the molecule is COc1cc(C)c(C(N)=S)cc1C(C)C. The molecule has 1 aromatic carbocycles. The number of aryl methyl sites for hydroxylation is 1. The van der Waals surface area contributed by atoms with Gasteiger partial charge in [-0.15, -0.1) is 0 Å². The molecular weight excluding hydrogens is 206 g/mol. The van der Waals surface area contributed by atoms with E-state index in [1.165, 1.54) is 0 Å². The Morgan fingerprint density at radius 2 is 2.00 bits per heavy atom. The molecule has 0 aliphatic carbocycles. The van der Waals surface area contributed by atoms with Crippen LogP contribution in [0.4, 0.5) is 0 Å². The van der Waals surface area contributed by atoms with Gasteiger partial charge in [0.1, 0.15) is 10.7 Å². The quantitative estimate of drug-likeness (QED) is 0.800. The normalized spacial score (nSPS) is 10.5. The third kappa shape index (κ3) is 2.48. The Morgan fingerprint density at radius 1 is 1.40 bits per heavy atom. The van der Waals surface area contributed by atoms with Gasteiger partial charge in [-0.25, -0.2) is 0 Å². The van der Waals surface area contributed by atoms with Gasteiger partial charge in [-0.1, -0.05) is 26.1 Å². The van der Waals surface area contributed by atoms with Crippen molar-refractivity contribution in [1.82, 2.24) is 0 Å². The lowest BCUT2D eigenvalue weighted by atomic mass is 9.96. The second-order valence-corrected chi connectivity index (χ2v) is 4.37. The highest BCUT2D eigenvalue weighted by molar-refractivity contribution is 7.80. The molecule has 15 heavy (non-hydrogen) atoms. The summed E-state index contributed by atoms with van der Waals surface area (Å²) in [4.78, 5) is 0.442. The second-order valence-electron chi connectivity index (χ2n) is 3.93. The van der Waals surface area contributed by atoms with Gasteiger partial charge in [0, 0.05) is 5.56 Å². The third-order valence-corrected chi connectivity index (χ3v) is 2.68. The van der Waals surface area contributed by atoms with Crippen LogP contribution < -0.4 is 10.5 Å². The smallest absolute Gasteiger partial charge is 0.122 e. The zero-order chi connectivity index (χ0) is 11.6. The number of benzene rings is 1. The van der Waals surface area contributed by atoms with Crippen LogP contribution in [0, 0.1) is 6.92 Å². The van der Waals surface area contributed by atoms with Crippen LogP contribution in [0.3, 0.4) is 0 Å². The van der Waals surface area contributed by atoms with E-state index in [0.717, 1.165) is 22.4 Å². The molecular formula is C12H17NOS. The summed E-state index contributed by atoms with van der Waals surface area (Å²) in [5, 5.41) is 0. The molecule has 0 fully saturated rings. The van der Waals surface area contributed by atoms with Gasteiger partial charge in [0.15, 0.2) is 0 Å². The molecule has 0 heterocycles. The number of hydrogen-bond donors (Lipinski definition) is 1. The zero-order valence-corrected chi connectivity index (χ0v) is 10.4. The van der Waals surface area contributed by atoms with Crippen molar-refractivity contribution in [3.05, 3.63) is 28.8 Å². The molecule has 0 aliphatic heterocycles. The van der Waals surface area contributed by atoms with Gasteiger partial charge in [-0.05, 0) is 36.1 Å². The molecule has 82 valence electrons. The van der Waals surface area contributed by atoms with Crippen molar-refractivity contribution in [2.45, 2.75) is 26.7 Å².